The lowest BCUT2D eigenvalue weighted by atomic mass is 10.1. The fraction of sp³-hybridized carbons (Fsp3) is 1.00. The Bertz CT molecular complexity index is 153. The second-order valence-electron chi connectivity index (χ2n) is 5.76. The van der Waals surface area contributed by atoms with Gasteiger partial charge in [0.05, 0.1) is 6.61 Å². The van der Waals surface area contributed by atoms with Gasteiger partial charge in [0.15, 0.2) is 0 Å². The molecule has 0 saturated heterocycles. The van der Waals surface area contributed by atoms with Crippen LogP contribution in [0.2, 0.25) is 0 Å². The average molecular weight is 277 g/mol. The topological polar surface area (TPSA) is 49.5 Å². The van der Waals surface area contributed by atoms with E-state index in [-0.39, 0.29) is 6.61 Å². The van der Waals surface area contributed by atoms with Crippen LogP contribution in [-0.2, 0) is 0 Å². The van der Waals surface area contributed by atoms with Crippen molar-refractivity contribution in [2.75, 3.05) is 26.2 Å². The number of nitrogens with two attached hydrogens (primary N) is 1. The predicted molar refractivity (Wildman–Crippen MR) is 88.6 cm³/mol. The molecule has 3 N–H and O–H groups in total. The zero-order valence-corrected chi connectivity index (χ0v) is 14.8. The fourth-order valence-corrected chi connectivity index (χ4v) is 1.19. The summed E-state index contributed by atoms with van der Waals surface area (Å²) in [5.41, 5.74) is 4.88. The number of aliphatic hydroxyl groups is 1. The van der Waals surface area contributed by atoms with Gasteiger partial charge in [-0.3, -0.25) is 0 Å². The zero-order chi connectivity index (χ0) is 15.9. The van der Waals surface area contributed by atoms with Gasteiger partial charge in [0, 0.05) is 5.54 Å². The van der Waals surface area contributed by atoms with Crippen LogP contribution < -0.4 is 5.73 Å². The normalized spacial score (nSPS) is 10.7. The van der Waals surface area contributed by atoms with E-state index in [1.54, 1.807) is 13.8 Å². The molecule has 3 nitrogen and oxygen atoms in total. The average Bonchev–Trinajstić information content (AvgIpc) is 2.36. The lowest BCUT2D eigenvalue weighted by Crippen LogP contribution is -2.35. The molecule has 0 rings (SSSR count). The van der Waals surface area contributed by atoms with E-state index in [4.69, 9.17) is 10.8 Å². The minimum absolute atomic E-state index is 0.0486. The lowest BCUT2D eigenvalue weighted by molar-refractivity contribution is 0.221. The summed E-state index contributed by atoms with van der Waals surface area (Å²) in [6.45, 7) is 20.4. The summed E-state index contributed by atoms with van der Waals surface area (Å²) in [7, 11) is 0. The van der Waals surface area contributed by atoms with Gasteiger partial charge in [0.25, 0.3) is 0 Å². The van der Waals surface area contributed by atoms with Crippen molar-refractivity contribution in [3.05, 3.63) is 0 Å². The highest BCUT2D eigenvalue weighted by Crippen LogP contribution is 2.02. The first-order valence-electron chi connectivity index (χ1n) is 7.88. The Morgan fingerprint density at radius 3 is 1.74 bits per heavy atom. The van der Waals surface area contributed by atoms with Gasteiger partial charge in [-0.1, -0.05) is 41.5 Å². The van der Waals surface area contributed by atoms with Gasteiger partial charge in [-0.25, -0.2) is 0 Å². The molecule has 0 heterocycles. The number of rotatable bonds is 7. The quantitative estimate of drug-likeness (QED) is 0.748. The van der Waals surface area contributed by atoms with Crippen molar-refractivity contribution in [3.8, 4) is 0 Å². The SMILES string of the molecule is CC.CC(C)(N)CO.CCCN(CC)CCC(C)C. The second kappa shape index (κ2) is 15.9. The van der Waals surface area contributed by atoms with Crippen LogP contribution in [0.4, 0.5) is 0 Å². The number of nitrogens with zero attached hydrogens (tertiary/aromatic N) is 1. The molecule has 0 bridgehead atoms. The first-order valence-corrected chi connectivity index (χ1v) is 7.88. The summed E-state index contributed by atoms with van der Waals surface area (Å²) in [4.78, 5) is 2.53. The maximum absolute atomic E-state index is 8.28. The van der Waals surface area contributed by atoms with Gasteiger partial charge in [-0.2, -0.15) is 0 Å². The molecule has 0 aromatic rings. The highest BCUT2D eigenvalue weighted by Gasteiger charge is 2.05. The van der Waals surface area contributed by atoms with Crippen molar-refractivity contribution in [2.24, 2.45) is 11.7 Å². The molecule has 0 aromatic heterocycles. The summed E-state index contributed by atoms with van der Waals surface area (Å²) in [6.07, 6.45) is 2.62. The van der Waals surface area contributed by atoms with Crippen molar-refractivity contribution in [1.82, 2.24) is 4.90 Å². The number of aliphatic hydroxyl groups excluding tert-OH is 1. The monoisotopic (exact) mass is 276 g/mol. The highest BCUT2D eigenvalue weighted by atomic mass is 16.3. The molecule has 0 unspecified atom stereocenters. The van der Waals surface area contributed by atoms with Crippen molar-refractivity contribution in [3.63, 3.8) is 0 Å². The van der Waals surface area contributed by atoms with Gasteiger partial charge in [0.1, 0.15) is 0 Å². The van der Waals surface area contributed by atoms with Crippen LogP contribution in [0.15, 0.2) is 0 Å². The molecule has 0 amide bonds. The lowest BCUT2D eigenvalue weighted by Gasteiger charge is -2.20. The van der Waals surface area contributed by atoms with Crippen LogP contribution in [0.5, 0.6) is 0 Å². The highest BCUT2D eigenvalue weighted by molar-refractivity contribution is 4.67. The summed E-state index contributed by atoms with van der Waals surface area (Å²) in [5, 5.41) is 8.28. The van der Waals surface area contributed by atoms with Crippen LogP contribution >= 0.6 is 0 Å². The minimum Gasteiger partial charge on any atom is -0.394 e. The van der Waals surface area contributed by atoms with E-state index in [9.17, 15) is 0 Å². The van der Waals surface area contributed by atoms with E-state index < -0.39 is 5.54 Å². The molecule has 120 valence electrons. The standard InChI is InChI=1S/C10H23N.C4H11NO.C2H6/c1-5-8-11(6-2)9-7-10(3)4;1-4(2,5)3-6;1-2/h10H,5-9H2,1-4H3;6H,3,5H2,1-2H3;1-2H3. The predicted octanol–water partition coefficient (Wildman–Crippen LogP) is 3.51. The van der Waals surface area contributed by atoms with Gasteiger partial charge < -0.3 is 15.7 Å². The summed E-state index contributed by atoms with van der Waals surface area (Å²) >= 11 is 0. The third-order valence-corrected chi connectivity index (χ3v) is 2.42. The molecule has 0 atom stereocenters. The smallest absolute Gasteiger partial charge is 0.0605 e. The van der Waals surface area contributed by atoms with E-state index in [0.717, 1.165) is 5.92 Å². The maximum Gasteiger partial charge on any atom is 0.0605 e. The van der Waals surface area contributed by atoms with Crippen LogP contribution in [0.1, 0.15) is 68.2 Å². The van der Waals surface area contributed by atoms with E-state index in [1.165, 1.54) is 32.5 Å². The fourth-order valence-electron chi connectivity index (χ4n) is 1.19. The van der Waals surface area contributed by atoms with Crippen LogP contribution in [0, 0.1) is 5.92 Å². The molecular formula is C16H40N2O. The van der Waals surface area contributed by atoms with Crippen molar-refractivity contribution in [1.29, 1.82) is 0 Å². The van der Waals surface area contributed by atoms with Crippen LogP contribution in [-0.4, -0.2) is 41.8 Å². The molecule has 0 aromatic carbocycles. The first kappa shape index (κ1) is 23.9. The first-order chi connectivity index (χ1) is 8.76. The Hall–Kier alpha value is -0.120. The molecule has 0 aliphatic heterocycles. The molecule has 0 saturated carbocycles. The number of hydrogen-bond acceptors (Lipinski definition) is 3. The molecule has 0 radical (unpaired) electrons. The Labute approximate surface area is 122 Å². The molecule has 0 aliphatic carbocycles. The number of hydrogen-bond donors (Lipinski definition) is 2. The van der Waals surface area contributed by atoms with Crippen molar-refractivity contribution >= 4 is 0 Å². The van der Waals surface area contributed by atoms with Crippen LogP contribution in [0.25, 0.3) is 0 Å². The Balaban J connectivity index is -0.000000271. The molecule has 3 heteroatoms. The van der Waals surface area contributed by atoms with E-state index in [0.29, 0.717) is 0 Å². The Morgan fingerprint density at radius 2 is 1.53 bits per heavy atom. The van der Waals surface area contributed by atoms with Gasteiger partial charge in [0.2, 0.25) is 0 Å². The van der Waals surface area contributed by atoms with Crippen LogP contribution in [0.3, 0.4) is 0 Å². The third-order valence-electron chi connectivity index (χ3n) is 2.42. The van der Waals surface area contributed by atoms with Crippen molar-refractivity contribution < 1.29 is 5.11 Å². The third kappa shape index (κ3) is 27.2. The Kier molecular flexibility index (Phi) is 20.1. The molecule has 19 heavy (non-hydrogen) atoms. The summed E-state index contributed by atoms with van der Waals surface area (Å²) < 4.78 is 0. The summed E-state index contributed by atoms with van der Waals surface area (Å²) in [6, 6.07) is 0. The van der Waals surface area contributed by atoms with E-state index >= 15 is 0 Å². The summed E-state index contributed by atoms with van der Waals surface area (Å²) in [5.74, 6) is 0.848. The van der Waals surface area contributed by atoms with E-state index in [2.05, 4.69) is 32.6 Å². The molecule has 0 spiro atoms. The zero-order valence-electron chi connectivity index (χ0n) is 14.8. The van der Waals surface area contributed by atoms with E-state index in [1.807, 2.05) is 13.8 Å². The molecule has 0 fully saturated rings. The van der Waals surface area contributed by atoms with Crippen molar-refractivity contribution in [2.45, 2.75) is 73.8 Å². The molecular weight excluding hydrogens is 236 g/mol. The Morgan fingerprint density at radius 1 is 1.11 bits per heavy atom. The molecule has 0 aliphatic rings. The van der Waals surface area contributed by atoms with Gasteiger partial charge in [-0.15, -0.1) is 0 Å². The van der Waals surface area contributed by atoms with Gasteiger partial charge in [-0.05, 0) is 52.2 Å². The van der Waals surface area contributed by atoms with Gasteiger partial charge >= 0.3 is 0 Å². The maximum atomic E-state index is 8.28. The largest absolute Gasteiger partial charge is 0.394 e. The second-order valence-corrected chi connectivity index (χ2v) is 5.76. The minimum atomic E-state index is -0.403.